The van der Waals surface area contributed by atoms with E-state index in [-0.39, 0.29) is 5.70 Å². The van der Waals surface area contributed by atoms with Crippen molar-refractivity contribution in [1.29, 1.82) is 0 Å². The van der Waals surface area contributed by atoms with Gasteiger partial charge in [-0.15, -0.1) is 0 Å². The Morgan fingerprint density at radius 2 is 1.75 bits per heavy atom. The number of ether oxygens (including phenoxy) is 2. The molecular weight excluding hydrogens is 834 g/mol. The fraction of sp³-hybridized carbons (Fsp3) is 0.0435. The summed E-state index contributed by atoms with van der Waals surface area (Å²) in [6, 6.07) is 17.2. The molecule has 0 radical (unpaired) electrons. The van der Waals surface area contributed by atoms with Gasteiger partial charge >= 0.3 is 5.97 Å². The first-order valence-corrected chi connectivity index (χ1v) is 13.6. The Bertz CT molecular complexity index is 1270. The zero-order chi connectivity index (χ0) is 22.8. The minimum Gasteiger partial charge on any atom is -0.487 e. The summed E-state index contributed by atoms with van der Waals surface area (Å²) in [5, 5.41) is 0.674. The molecule has 1 aliphatic heterocycles. The standard InChI is InChI=1S/C23H12BrClI3NO3/c24-15-10-13(5-6-17(15)26)22-29-20(23(30)32-22)9-12-7-18(27)21(19(28)8-12)31-11-14-3-1-2-4-16(14)25/h1-10H,11H2/b20-9-. The molecule has 32 heavy (non-hydrogen) atoms. The second kappa shape index (κ2) is 10.7. The van der Waals surface area contributed by atoms with E-state index in [0.717, 1.165) is 37.6 Å². The van der Waals surface area contributed by atoms with Gasteiger partial charge in [-0.05, 0) is 132 Å². The van der Waals surface area contributed by atoms with Crippen LogP contribution in [-0.2, 0) is 16.1 Å². The van der Waals surface area contributed by atoms with Crippen LogP contribution in [-0.4, -0.2) is 11.9 Å². The van der Waals surface area contributed by atoms with E-state index >= 15 is 0 Å². The zero-order valence-corrected chi connectivity index (χ0v) is 24.9. The first-order chi connectivity index (χ1) is 15.3. The van der Waals surface area contributed by atoms with Gasteiger partial charge in [0.15, 0.2) is 5.70 Å². The Hall–Kier alpha value is -0.700. The van der Waals surface area contributed by atoms with Crippen LogP contribution in [0.5, 0.6) is 5.75 Å². The predicted octanol–water partition coefficient (Wildman–Crippen LogP) is 7.84. The Morgan fingerprint density at radius 3 is 2.44 bits per heavy atom. The first kappa shape index (κ1) is 24.4. The summed E-state index contributed by atoms with van der Waals surface area (Å²) in [4.78, 5) is 16.8. The van der Waals surface area contributed by atoms with E-state index < -0.39 is 5.97 Å². The lowest BCUT2D eigenvalue weighted by Gasteiger charge is -2.12. The molecule has 4 rings (SSSR count). The lowest BCUT2D eigenvalue weighted by Crippen LogP contribution is -2.05. The van der Waals surface area contributed by atoms with Gasteiger partial charge in [0, 0.05) is 24.2 Å². The lowest BCUT2D eigenvalue weighted by molar-refractivity contribution is -0.129. The monoisotopic (exact) mass is 845 g/mol. The maximum atomic E-state index is 12.4. The molecule has 0 amide bonds. The van der Waals surface area contributed by atoms with Crippen LogP contribution in [0.15, 0.2) is 69.8 Å². The molecule has 162 valence electrons. The summed E-state index contributed by atoms with van der Waals surface area (Å²) in [6.45, 7) is 0.373. The van der Waals surface area contributed by atoms with Crippen molar-refractivity contribution >= 4 is 113 Å². The van der Waals surface area contributed by atoms with E-state index in [1.54, 1.807) is 6.08 Å². The average molecular weight is 846 g/mol. The van der Waals surface area contributed by atoms with Crippen molar-refractivity contribution in [3.63, 3.8) is 0 Å². The number of hydrogen-bond donors (Lipinski definition) is 0. The third kappa shape index (κ3) is 5.68. The molecule has 0 unspecified atom stereocenters. The molecule has 0 fully saturated rings. The average Bonchev–Trinajstić information content (AvgIpc) is 3.11. The number of aliphatic imine (C=N–C) groups is 1. The third-order valence-electron chi connectivity index (χ3n) is 4.44. The van der Waals surface area contributed by atoms with Crippen molar-refractivity contribution in [2.75, 3.05) is 0 Å². The van der Waals surface area contributed by atoms with E-state index in [2.05, 4.69) is 88.7 Å². The molecule has 9 heteroatoms. The van der Waals surface area contributed by atoms with Crippen molar-refractivity contribution in [2.45, 2.75) is 6.61 Å². The van der Waals surface area contributed by atoms with Crippen LogP contribution in [0.4, 0.5) is 0 Å². The highest BCUT2D eigenvalue weighted by Gasteiger charge is 2.25. The number of rotatable bonds is 5. The van der Waals surface area contributed by atoms with E-state index in [0.29, 0.717) is 17.5 Å². The fourth-order valence-electron chi connectivity index (χ4n) is 2.89. The zero-order valence-electron chi connectivity index (χ0n) is 16.0. The van der Waals surface area contributed by atoms with Crippen LogP contribution >= 0.6 is 95.3 Å². The Balaban J connectivity index is 1.57. The highest BCUT2D eigenvalue weighted by Crippen LogP contribution is 2.32. The van der Waals surface area contributed by atoms with E-state index in [9.17, 15) is 4.79 Å². The quantitative estimate of drug-likeness (QED) is 0.150. The summed E-state index contributed by atoms with van der Waals surface area (Å²) in [7, 11) is 0. The highest BCUT2D eigenvalue weighted by molar-refractivity contribution is 14.1. The molecule has 3 aromatic carbocycles. The van der Waals surface area contributed by atoms with E-state index in [1.165, 1.54) is 0 Å². The van der Waals surface area contributed by atoms with Crippen molar-refractivity contribution in [2.24, 2.45) is 4.99 Å². The van der Waals surface area contributed by atoms with Crippen molar-refractivity contribution in [3.05, 3.63) is 97.2 Å². The maximum absolute atomic E-state index is 12.4. The van der Waals surface area contributed by atoms with Gasteiger partial charge in [-0.3, -0.25) is 0 Å². The van der Waals surface area contributed by atoms with Gasteiger partial charge in [-0.25, -0.2) is 9.79 Å². The number of carbonyl (C=O) groups excluding carboxylic acids is 1. The first-order valence-electron chi connectivity index (χ1n) is 9.15. The number of halogens is 5. The number of benzene rings is 3. The van der Waals surface area contributed by atoms with Crippen LogP contribution in [0.1, 0.15) is 16.7 Å². The van der Waals surface area contributed by atoms with Gasteiger partial charge in [0.1, 0.15) is 12.4 Å². The number of carbonyl (C=O) groups is 1. The Kier molecular flexibility index (Phi) is 8.17. The summed E-state index contributed by atoms with van der Waals surface area (Å²) >= 11 is 16.4. The summed E-state index contributed by atoms with van der Waals surface area (Å²) < 4.78 is 15.2. The van der Waals surface area contributed by atoms with E-state index in [1.807, 2.05) is 54.6 Å². The second-order valence-corrected chi connectivity index (χ2v) is 11.4. The molecule has 1 aliphatic rings. The number of cyclic esters (lactones) is 1. The van der Waals surface area contributed by atoms with Gasteiger partial charge in [-0.1, -0.05) is 29.8 Å². The molecule has 4 nitrogen and oxygen atoms in total. The number of esters is 1. The van der Waals surface area contributed by atoms with Gasteiger partial charge in [0.2, 0.25) is 5.90 Å². The van der Waals surface area contributed by atoms with Crippen LogP contribution in [0.25, 0.3) is 6.08 Å². The van der Waals surface area contributed by atoms with Gasteiger partial charge in [-0.2, -0.15) is 0 Å². The molecule has 3 aromatic rings. The second-order valence-electron chi connectivity index (χ2n) is 6.66. The topological polar surface area (TPSA) is 47.9 Å². The van der Waals surface area contributed by atoms with Crippen LogP contribution < -0.4 is 4.74 Å². The highest BCUT2D eigenvalue weighted by atomic mass is 127. The van der Waals surface area contributed by atoms with Crippen LogP contribution in [0.2, 0.25) is 5.02 Å². The summed E-state index contributed by atoms with van der Waals surface area (Å²) in [5.74, 6) is 0.594. The molecule has 0 atom stereocenters. The largest absolute Gasteiger partial charge is 0.487 e. The lowest BCUT2D eigenvalue weighted by atomic mass is 10.2. The van der Waals surface area contributed by atoms with Crippen LogP contribution in [0.3, 0.4) is 0 Å². The molecule has 0 saturated heterocycles. The molecule has 0 N–H and O–H groups in total. The normalized spacial score (nSPS) is 14.5. The summed E-state index contributed by atoms with van der Waals surface area (Å²) in [6.07, 6.45) is 1.72. The molecule has 0 saturated carbocycles. The van der Waals surface area contributed by atoms with Gasteiger partial charge < -0.3 is 9.47 Å². The Labute approximate surface area is 239 Å². The Morgan fingerprint density at radius 1 is 1.03 bits per heavy atom. The SMILES string of the molecule is O=C1OC(c2ccc(I)c(Br)c2)=N/C1=C\c1cc(I)c(OCc2ccccc2Cl)c(I)c1. The molecule has 1 heterocycles. The third-order valence-corrected chi connectivity index (χ3v) is 8.75. The van der Waals surface area contributed by atoms with Gasteiger partial charge in [0.05, 0.1) is 7.14 Å². The smallest absolute Gasteiger partial charge is 0.363 e. The number of hydrogen-bond acceptors (Lipinski definition) is 4. The molecule has 0 aliphatic carbocycles. The number of nitrogens with zero attached hydrogens (tertiary/aromatic N) is 1. The molecule has 0 bridgehead atoms. The fourth-order valence-corrected chi connectivity index (χ4v) is 5.92. The van der Waals surface area contributed by atoms with E-state index in [4.69, 9.17) is 21.1 Å². The van der Waals surface area contributed by atoms with Crippen LogP contribution in [0, 0.1) is 10.7 Å². The molecular formula is C23H12BrClI3NO3. The maximum Gasteiger partial charge on any atom is 0.363 e. The minimum absolute atomic E-state index is 0.256. The van der Waals surface area contributed by atoms with Crippen molar-refractivity contribution in [3.8, 4) is 5.75 Å². The molecule has 0 spiro atoms. The van der Waals surface area contributed by atoms with Crippen molar-refractivity contribution in [1.82, 2.24) is 0 Å². The minimum atomic E-state index is -0.473. The van der Waals surface area contributed by atoms with Gasteiger partial charge in [0.25, 0.3) is 0 Å². The van der Waals surface area contributed by atoms with Crippen molar-refractivity contribution < 1.29 is 14.3 Å². The summed E-state index contributed by atoms with van der Waals surface area (Å²) in [5.41, 5.74) is 2.75. The predicted molar refractivity (Wildman–Crippen MR) is 155 cm³/mol. The molecule has 0 aromatic heterocycles.